The number of nitro benzene ring substituents is 1. The number of halogens is 1. The van der Waals surface area contributed by atoms with E-state index in [1.54, 1.807) is 0 Å². The summed E-state index contributed by atoms with van der Waals surface area (Å²) in [5.41, 5.74) is -0.124. The molecule has 1 N–H and O–H groups in total. The van der Waals surface area contributed by atoms with Crippen LogP contribution in [0, 0.1) is 16.0 Å². The zero-order valence-corrected chi connectivity index (χ0v) is 12.6. The van der Waals surface area contributed by atoms with Crippen LogP contribution in [0.25, 0.3) is 0 Å². The molecule has 0 saturated carbocycles. The summed E-state index contributed by atoms with van der Waals surface area (Å²) in [4.78, 5) is 21.0. The summed E-state index contributed by atoms with van der Waals surface area (Å²) in [6, 6.07) is 3.95. The Kier molecular flexibility index (Phi) is 4.38. The van der Waals surface area contributed by atoms with Crippen molar-refractivity contribution in [3.05, 3.63) is 33.3 Å². The average Bonchev–Trinajstić information content (AvgIpc) is 3.04. The van der Waals surface area contributed by atoms with E-state index in [9.17, 15) is 14.9 Å². The zero-order chi connectivity index (χ0) is 16.6. The Bertz CT molecular complexity index is 638. The highest BCUT2D eigenvalue weighted by Gasteiger charge is 2.49. The fourth-order valence-corrected chi connectivity index (χ4v) is 3.12. The lowest BCUT2D eigenvalue weighted by atomic mass is 9.98. The average molecular weight is 344 g/mol. The predicted octanol–water partition coefficient (Wildman–Crippen LogP) is 1.88. The Morgan fingerprint density at radius 3 is 2.78 bits per heavy atom. The number of ether oxygens (including phenoxy) is 3. The molecule has 0 unspecified atom stereocenters. The molecule has 0 aromatic heterocycles. The van der Waals surface area contributed by atoms with Crippen LogP contribution in [0.4, 0.5) is 5.69 Å². The molecule has 2 heterocycles. The normalized spacial score (nSPS) is 29.3. The van der Waals surface area contributed by atoms with Crippen molar-refractivity contribution in [3.63, 3.8) is 0 Å². The molecule has 0 radical (unpaired) electrons. The number of fused-ring (bicyclic) bond motifs is 1. The zero-order valence-electron chi connectivity index (χ0n) is 11.9. The molecule has 124 valence electrons. The van der Waals surface area contributed by atoms with Gasteiger partial charge in [0.1, 0.15) is 11.9 Å². The van der Waals surface area contributed by atoms with Gasteiger partial charge in [0, 0.05) is 18.1 Å². The van der Waals surface area contributed by atoms with Crippen LogP contribution in [0.2, 0.25) is 5.02 Å². The van der Waals surface area contributed by atoms with Crippen LogP contribution in [-0.2, 0) is 14.3 Å². The fraction of sp³-hybridized carbons (Fsp3) is 0.500. The van der Waals surface area contributed by atoms with Gasteiger partial charge in [-0.15, -0.1) is 0 Å². The van der Waals surface area contributed by atoms with Crippen molar-refractivity contribution in [1.82, 2.24) is 0 Å². The van der Waals surface area contributed by atoms with E-state index in [2.05, 4.69) is 0 Å². The van der Waals surface area contributed by atoms with E-state index < -0.39 is 17.0 Å². The third-order valence-electron chi connectivity index (χ3n) is 3.95. The molecule has 0 amide bonds. The van der Waals surface area contributed by atoms with Crippen molar-refractivity contribution >= 4 is 23.3 Å². The first-order valence-electron chi connectivity index (χ1n) is 7.01. The molecule has 4 atom stereocenters. The molecule has 0 bridgehead atoms. The number of carbonyl (C=O) groups is 1. The van der Waals surface area contributed by atoms with E-state index in [4.69, 9.17) is 30.9 Å². The van der Waals surface area contributed by atoms with E-state index in [0.29, 0.717) is 12.4 Å². The van der Waals surface area contributed by atoms with E-state index in [1.165, 1.54) is 18.2 Å². The molecule has 9 heteroatoms. The topological polar surface area (TPSA) is 108 Å². The second-order valence-corrected chi connectivity index (χ2v) is 5.89. The lowest BCUT2D eigenvalue weighted by Crippen LogP contribution is -2.33. The second-order valence-electron chi connectivity index (χ2n) is 5.48. The van der Waals surface area contributed by atoms with Crippen LogP contribution >= 0.6 is 11.6 Å². The molecule has 2 fully saturated rings. The summed E-state index contributed by atoms with van der Waals surface area (Å²) in [5.74, 6) is -0.805. The van der Waals surface area contributed by atoms with Gasteiger partial charge >= 0.3 is 5.97 Å². The van der Waals surface area contributed by atoms with Gasteiger partial charge in [0.25, 0.3) is 5.69 Å². The second kappa shape index (κ2) is 6.31. The summed E-state index contributed by atoms with van der Waals surface area (Å²) in [6.45, 7) is 0.550. The van der Waals surface area contributed by atoms with Gasteiger partial charge in [-0.1, -0.05) is 11.6 Å². The number of carboxylic acids is 1. The molecule has 8 nitrogen and oxygen atoms in total. The van der Waals surface area contributed by atoms with Crippen molar-refractivity contribution in [1.29, 1.82) is 0 Å². The minimum Gasteiger partial charge on any atom is -0.484 e. The number of hydrogen-bond acceptors (Lipinski definition) is 6. The minimum atomic E-state index is -0.898. The number of nitro groups is 1. The van der Waals surface area contributed by atoms with Gasteiger partial charge in [-0.3, -0.25) is 14.9 Å². The summed E-state index contributed by atoms with van der Waals surface area (Å²) in [6.07, 6.45) is -1.15. The van der Waals surface area contributed by atoms with Gasteiger partial charge in [0.15, 0.2) is 6.10 Å². The monoisotopic (exact) mass is 343 g/mol. The molecule has 2 saturated heterocycles. The van der Waals surface area contributed by atoms with Crippen molar-refractivity contribution in [3.8, 4) is 5.75 Å². The third-order valence-corrected chi connectivity index (χ3v) is 4.25. The highest BCUT2D eigenvalue weighted by molar-refractivity contribution is 6.32. The first-order valence-corrected chi connectivity index (χ1v) is 7.39. The summed E-state index contributed by atoms with van der Waals surface area (Å²) in [5, 5.41) is 19.7. The van der Waals surface area contributed by atoms with Crippen LogP contribution in [0.5, 0.6) is 5.75 Å². The maximum atomic E-state index is 10.8. The molecule has 2 aliphatic rings. The van der Waals surface area contributed by atoms with Crippen LogP contribution in [-0.4, -0.2) is 47.5 Å². The van der Waals surface area contributed by atoms with E-state index >= 15 is 0 Å². The minimum absolute atomic E-state index is 0.0217. The quantitative estimate of drug-likeness (QED) is 0.642. The Morgan fingerprint density at radius 2 is 2.13 bits per heavy atom. The van der Waals surface area contributed by atoms with Crippen LogP contribution in [0.1, 0.15) is 6.42 Å². The fourth-order valence-electron chi connectivity index (χ4n) is 2.91. The predicted molar refractivity (Wildman–Crippen MR) is 77.7 cm³/mol. The lowest BCUT2D eigenvalue weighted by Gasteiger charge is -2.18. The van der Waals surface area contributed by atoms with Gasteiger partial charge in [0.05, 0.1) is 35.7 Å². The third kappa shape index (κ3) is 3.24. The van der Waals surface area contributed by atoms with Gasteiger partial charge < -0.3 is 19.3 Å². The standard InChI is InChI=1S/C14H14ClNO7/c15-9-4-8(16(19)20)1-2-10(9)23-11-6-22-13-7(3-12(17)18)5-21-14(11)13/h1-2,4,7,11,13-14H,3,5-6H2,(H,17,18)/t7-,11-,13+,14-/m0/s1. The number of hydrogen-bond donors (Lipinski definition) is 1. The highest BCUT2D eigenvalue weighted by atomic mass is 35.5. The Labute approximate surface area is 136 Å². The van der Waals surface area contributed by atoms with Gasteiger partial charge in [-0.25, -0.2) is 0 Å². The van der Waals surface area contributed by atoms with Gasteiger partial charge in [-0.2, -0.15) is 0 Å². The Hall–Kier alpha value is -1.90. The smallest absolute Gasteiger partial charge is 0.303 e. The Balaban J connectivity index is 1.68. The van der Waals surface area contributed by atoms with Crippen LogP contribution in [0.3, 0.4) is 0 Å². The van der Waals surface area contributed by atoms with Crippen molar-refractivity contribution in [2.75, 3.05) is 13.2 Å². The molecule has 23 heavy (non-hydrogen) atoms. The number of nitrogens with zero attached hydrogens (tertiary/aromatic N) is 1. The molecule has 0 spiro atoms. The lowest BCUT2D eigenvalue weighted by molar-refractivity contribution is -0.384. The Morgan fingerprint density at radius 1 is 1.39 bits per heavy atom. The van der Waals surface area contributed by atoms with Crippen molar-refractivity contribution < 1.29 is 29.0 Å². The highest BCUT2D eigenvalue weighted by Crippen LogP contribution is 2.37. The number of rotatable bonds is 5. The van der Waals surface area contributed by atoms with E-state index in [1.807, 2.05) is 0 Å². The number of aliphatic carboxylic acids is 1. The van der Waals surface area contributed by atoms with Gasteiger partial charge in [0.2, 0.25) is 0 Å². The molecule has 1 aromatic rings. The molecule has 2 aliphatic heterocycles. The maximum absolute atomic E-state index is 10.8. The summed E-state index contributed by atoms with van der Waals surface area (Å²) < 4.78 is 17.0. The number of non-ortho nitro benzene ring substituents is 1. The van der Waals surface area contributed by atoms with Gasteiger partial charge in [-0.05, 0) is 6.07 Å². The molecular formula is C14H14ClNO7. The van der Waals surface area contributed by atoms with Crippen LogP contribution in [0.15, 0.2) is 18.2 Å². The number of carboxylic acid groups (broad SMARTS) is 1. The largest absolute Gasteiger partial charge is 0.484 e. The summed E-state index contributed by atoms with van der Waals surface area (Å²) >= 11 is 6.00. The van der Waals surface area contributed by atoms with E-state index in [-0.39, 0.29) is 41.9 Å². The molecule has 3 rings (SSSR count). The molecule has 0 aliphatic carbocycles. The first kappa shape index (κ1) is 16.0. The van der Waals surface area contributed by atoms with E-state index in [0.717, 1.165) is 0 Å². The summed E-state index contributed by atoms with van der Waals surface area (Å²) in [7, 11) is 0. The first-order chi connectivity index (χ1) is 11.0. The molecular weight excluding hydrogens is 330 g/mol. The maximum Gasteiger partial charge on any atom is 0.303 e. The van der Waals surface area contributed by atoms with Crippen LogP contribution < -0.4 is 4.74 Å². The molecule has 1 aromatic carbocycles. The SMILES string of the molecule is O=C(O)C[C@H]1CO[C@@H]2[C@@H]1OC[C@@H]2Oc1ccc([N+](=O)[O-])cc1Cl. The van der Waals surface area contributed by atoms with Crippen molar-refractivity contribution in [2.45, 2.75) is 24.7 Å². The van der Waals surface area contributed by atoms with Crippen molar-refractivity contribution in [2.24, 2.45) is 5.92 Å². The number of benzene rings is 1.